The van der Waals surface area contributed by atoms with Crippen molar-refractivity contribution in [3.05, 3.63) is 48.2 Å². The van der Waals surface area contributed by atoms with Crippen LogP contribution in [0.25, 0.3) is 0 Å². The number of rotatable bonds is 1. The average molecular weight is 302 g/mol. The van der Waals surface area contributed by atoms with E-state index in [4.69, 9.17) is 11.6 Å². The second-order valence-electron chi connectivity index (χ2n) is 4.64. The molecule has 0 aliphatic carbocycles. The van der Waals surface area contributed by atoms with E-state index in [-0.39, 0.29) is 11.8 Å². The summed E-state index contributed by atoms with van der Waals surface area (Å²) in [6, 6.07) is 10.3. The molecule has 2 aromatic rings. The maximum atomic E-state index is 12.5. The van der Waals surface area contributed by atoms with E-state index in [9.17, 15) is 9.59 Å². The van der Waals surface area contributed by atoms with Gasteiger partial charge in [0.2, 0.25) is 0 Å². The van der Waals surface area contributed by atoms with Crippen LogP contribution in [0.4, 0.5) is 17.2 Å². The number of amides is 2. The second kappa shape index (κ2) is 5.18. The first-order valence-electron chi connectivity index (χ1n) is 6.43. The van der Waals surface area contributed by atoms with Crippen molar-refractivity contribution in [1.29, 1.82) is 0 Å². The summed E-state index contributed by atoms with van der Waals surface area (Å²) in [7, 11) is 0. The Balaban J connectivity index is 2.28. The minimum atomic E-state index is -0.735. The van der Waals surface area contributed by atoms with Gasteiger partial charge < -0.3 is 5.32 Å². The van der Waals surface area contributed by atoms with Crippen LogP contribution in [0.15, 0.2) is 42.6 Å². The van der Waals surface area contributed by atoms with Crippen LogP contribution in [-0.2, 0) is 4.79 Å². The zero-order valence-corrected chi connectivity index (χ0v) is 12.0. The van der Waals surface area contributed by atoms with E-state index >= 15 is 0 Å². The number of anilines is 3. The number of hydrogen-bond donors (Lipinski definition) is 1. The minimum Gasteiger partial charge on any atom is -0.319 e. The molecule has 6 heteroatoms. The lowest BCUT2D eigenvalue weighted by molar-refractivity contribution is -0.117. The summed E-state index contributed by atoms with van der Waals surface area (Å²) in [6.45, 7) is 1.59. The van der Waals surface area contributed by atoms with Crippen LogP contribution in [0, 0.1) is 0 Å². The highest BCUT2D eigenvalue weighted by Gasteiger charge is 2.31. The first-order chi connectivity index (χ1) is 10.1. The Hall–Kier alpha value is -2.40. The van der Waals surface area contributed by atoms with Crippen LogP contribution in [-0.4, -0.2) is 22.2 Å². The quantitative estimate of drug-likeness (QED) is 0.824. The van der Waals surface area contributed by atoms with Crippen LogP contribution in [0.2, 0.25) is 0 Å². The first-order valence-corrected chi connectivity index (χ1v) is 6.86. The Morgan fingerprint density at radius 1 is 1.29 bits per heavy atom. The molecule has 1 N–H and O–H groups in total. The molecule has 106 valence electrons. The Morgan fingerprint density at radius 3 is 2.81 bits per heavy atom. The number of carbonyl (C=O) groups excluding carboxylic acids is 2. The van der Waals surface area contributed by atoms with Crippen molar-refractivity contribution in [2.75, 3.05) is 10.2 Å². The van der Waals surface area contributed by atoms with Crippen molar-refractivity contribution in [1.82, 2.24) is 4.98 Å². The summed E-state index contributed by atoms with van der Waals surface area (Å²) in [4.78, 5) is 30.4. The van der Waals surface area contributed by atoms with Crippen LogP contribution >= 0.6 is 11.6 Å². The highest BCUT2D eigenvalue weighted by molar-refractivity contribution is 6.34. The van der Waals surface area contributed by atoms with Gasteiger partial charge in [-0.1, -0.05) is 12.1 Å². The highest BCUT2D eigenvalue weighted by atomic mass is 35.5. The summed E-state index contributed by atoms with van der Waals surface area (Å²) in [6.07, 6.45) is 1.57. The second-order valence-corrected chi connectivity index (χ2v) is 5.29. The van der Waals surface area contributed by atoms with Crippen molar-refractivity contribution in [3.8, 4) is 0 Å². The van der Waals surface area contributed by atoms with E-state index in [0.29, 0.717) is 22.8 Å². The number of halogens is 1. The predicted molar refractivity (Wildman–Crippen MR) is 81.1 cm³/mol. The monoisotopic (exact) mass is 301 g/mol. The van der Waals surface area contributed by atoms with Crippen molar-refractivity contribution in [3.63, 3.8) is 0 Å². The largest absolute Gasteiger partial charge is 0.319 e. The summed E-state index contributed by atoms with van der Waals surface area (Å²) < 4.78 is 0. The molecule has 2 heterocycles. The smallest absolute Gasteiger partial charge is 0.257 e. The molecular formula is C15H12ClN3O2. The van der Waals surface area contributed by atoms with E-state index in [2.05, 4.69) is 10.3 Å². The van der Waals surface area contributed by atoms with Gasteiger partial charge in [0.05, 0.1) is 16.9 Å². The van der Waals surface area contributed by atoms with Crippen LogP contribution in [0.5, 0.6) is 0 Å². The van der Waals surface area contributed by atoms with Gasteiger partial charge in [-0.25, -0.2) is 4.98 Å². The molecular weight excluding hydrogens is 290 g/mol. The molecule has 2 amide bonds. The molecule has 0 bridgehead atoms. The SMILES string of the molecule is CC(Cl)C(=O)N1c2ccccc2C(=O)Nc2cccnc21. The summed E-state index contributed by atoms with van der Waals surface area (Å²) in [5.41, 5.74) is 1.36. The third kappa shape index (κ3) is 2.25. The summed E-state index contributed by atoms with van der Waals surface area (Å²) in [5.74, 6) is -0.244. The molecule has 21 heavy (non-hydrogen) atoms. The number of hydrogen-bond acceptors (Lipinski definition) is 3. The number of benzene rings is 1. The molecule has 1 aromatic heterocycles. The van der Waals surface area contributed by atoms with Gasteiger partial charge in [-0.05, 0) is 31.2 Å². The van der Waals surface area contributed by atoms with Gasteiger partial charge in [0.1, 0.15) is 5.38 Å². The Bertz CT molecular complexity index is 730. The van der Waals surface area contributed by atoms with Crippen molar-refractivity contribution in [2.45, 2.75) is 12.3 Å². The topological polar surface area (TPSA) is 62.3 Å². The molecule has 0 saturated carbocycles. The van der Waals surface area contributed by atoms with E-state index in [1.807, 2.05) is 0 Å². The normalized spacial score (nSPS) is 14.6. The summed E-state index contributed by atoms with van der Waals surface area (Å²) in [5, 5.41) is 2.03. The standard InChI is InChI=1S/C15H12ClN3O2/c1-9(16)15(21)19-12-7-3-2-5-10(12)14(20)18-11-6-4-8-17-13(11)19/h2-9H,1H3,(H,18,20). The first kappa shape index (κ1) is 13.6. The molecule has 1 atom stereocenters. The fourth-order valence-electron chi connectivity index (χ4n) is 2.24. The van der Waals surface area contributed by atoms with E-state index in [1.165, 1.54) is 4.90 Å². The zero-order valence-electron chi connectivity index (χ0n) is 11.2. The van der Waals surface area contributed by atoms with Gasteiger partial charge in [0, 0.05) is 6.20 Å². The number of fused-ring (bicyclic) bond motifs is 2. The van der Waals surface area contributed by atoms with Crippen molar-refractivity contribution >= 4 is 40.6 Å². The molecule has 1 aliphatic heterocycles. The third-order valence-electron chi connectivity index (χ3n) is 3.20. The van der Waals surface area contributed by atoms with Gasteiger partial charge >= 0.3 is 0 Å². The van der Waals surface area contributed by atoms with E-state index in [0.717, 1.165) is 0 Å². The molecule has 1 aliphatic rings. The fraction of sp³-hybridized carbons (Fsp3) is 0.133. The molecule has 3 rings (SSSR count). The van der Waals surface area contributed by atoms with Crippen LogP contribution < -0.4 is 10.2 Å². The lowest BCUT2D eigenvalue weighted by Gasteiger charge is -2.23. The average Bonchev–Trinajstić information content (AvgIpc) is 2.61. The number of nitrogens with zero attached hydrogens (tertiary/aromatic N) is 2. The lowest BCUT2D eigenvalue weighted by atomic mass is 10.1. The molecule has 0 saturated heterocycles. The van der Waals surface area contributed by atoms with Gasteiger partial charge in [0.15, 0.2) is 5.82 Å². The minimum absolute atomic E-state index is 0.280. The molecule has 5 nitrogen and oxygen atoms in total. The van der Waals surface area contributed by atoms with Crippen LogP contribution in [0.3, 0.4) is 0 Å². The number of aromatic nitrogens is 1. The highest BCUT2D eigenvalue weighted by Crippen LogP contribution is 2.36. The number of carbonyl (C=O) groups is 2. The number of pyridine rings is 1. The Morgan fingerprint density at radius 2 is 2.05 bits per heavy atom. The Kier molecular flexibility index (Phi) is 3.35. The van der Waals surface area contributed by atoms with Gasteiger partial charge in [-0.2, -0.15) is 0 Å². The molecule has 0 spiro atoms. The summed E-state index contributed by atoms with van der Waals surface area (Å²) >= 11 is 5.96. The number of nitrogens with one attached hydrogen (secondary N) is 1. The predicted octanol–water partition coefficient (Wildman–Crippen LogP) is 2.94. The fourth-order valence-corrected chi connectivity index (χ4v) is 2.34. The van der Waals surface area contributed by atoms with E-state index < -0.39 is 5.38 Å². The zero-order chi connectivity index (χ0) is 15.0. The van der Waals surface area contributed by atoms with Crippen LogP contribution in [0.1, 0.15) is 17.3 Å². The van der Waals surface area contributed by atoms with E-state index in [1.54, 1.807) is 49.5 Å². The van der Waals surface area contributed by atoms with Gasteiger partial charge in [0.25, 0.3) is 11.8 Å². The van der Waals surface area contributed by atoms with Gasteiger partial charge in [-0.3, -0.25) is 14.5 Å². The van der Waals surface area contributed by atoms with Crippen molar-refractivity contribution in [2.24, 2.45) is 0 Å². The lowest BCUT2D eigenvalue weighted by Crippen LogP contribution is -2.32. The molecule has 1 unspecified atom stereocenters. The Labute approximate surface area is 126 Å². The third-order valence-corrected chi connectivity index (χ3v) is 3.38. The van der Waals surface area contributed by atoms with Crippen molar-refractivity contribution < 1.29 is 9.59 Å². The maximum absolute atomic E-state index is 12.5. The molecule has 1 aromatic carbocycles. The molecule has 0 radical (unpaired) electrons. The number of para-hydroxylation sites is 1. The maximum Gasteiger partial charge on any atom is 0.257 e. The number of alkyl halides is 1. The molecule has 0 fully saturated rings. The van der Waals surface area contributed by atoms with Gasteiger partial charge in [-0.15, -0.1) is 11.6 Å².